The second-order valence-corrected chi connectivity index (χ2v) is 6.28. The molecule has 1 aromatic rings. The first-order valence-corrected chi connectivity index (χ1v) is 7.13. The lowest BCUT2D eigenvalue weighted by atomic mass is 9.84. The quantitative estimate of drug-likeness (QED) is 0.856. The van der Waals surface area contributed by atoms with E-state index in [0.29, 0.717) is 26.3 Å². The predicted octanol–water partition coefficient (Wildman–Crippen LogP) is 3.16. The highest BCUT2D eigenvalue weighted by Crippen LogP contribution is 2.32. The first-order chi connectivity index (χ1) is 9.39. The Balaban J connectivity index is 2.22. The molecule has 1 fully saturated rings. The summed E-state index contributed by atoms with van der Waals surface area (Å²) in [4.78, 5) is 14.2. The van der Waals surface area contributed by atoms with Gasteiger partial charge < -0.3 is 15.0 Å². The van der Waals surface area contributed by atoms with Crippen LogP contribution in [-0.4, -0.2) is 37.2 Å². The smallest absolute Gasteiger partial charge is 0.322 e. The summed E-state index contributed by atoms with van der Waals surface area (Å²) < 4.78 is 5.28. The zero-order chi connectivity index (χ0) is 14.8. The summed E-state index contributed by atoms with van der Waals surface area (Å²) in [5.41, 5.74) is 3.20. The summed E-state index contributed by atoms with van der Waals surface area (Å²) in [5.74, 6) is 0. The third-order valence-electron chi connectivity index (χ3n) is 3.61. The number of rotatable bonds is 1. The van der Waals surface area contributed by atoms with Crippen LogP contribution < -0.4 is 5.32 Å². The van der Waals surface area contributed by atoms with Gasteiger partial charge in [0, 0.05) is 18.8 Å². The molecule has 4 heteroatoms. The van der Waals surface area contributed by atoms with Gasteiger partial charge in [-0.05, 0) is 23.5 Å². The summed E-state index contributed by atoms with van der Waals surface area (Å²) in [6.07, 6.45) is 0. The molecule has 0 unspecified atom stereocenters. The van der Waals surface area contributed by atoms with Crippen LogP contribution in [0.15, 0.2) is 18.2 Å². The van der Waals surface area contributed by atoms with E-state index in [2.05, 4.69) is 32.2 Å². The molecule has 1 N–H and O–H groups in total. The maximum Gasteiger partial charge on any atom is 0.322 e. The van der Waals surface area contributed by atoms with Gasteiger partial charge in [0.25, 0.3) is 0 Å². The lowest BCUT2D eigenvalue weighted by Gasteiger charge is -2.29. The van der Waals surface area contributed by atoms with Crippen LogP contribution in [0.5, 0.6) is 0 Å². The average molecular weight is 276 g/mol. The van der Waals surface area contributed by atoms with Crippen molar-refractivity contribution in [2.45, 2.75) is 33.1 Å². The Morgan fingerprint density at radius 2 is 1.90 bits per heavy atom. The number of hydrogen-bond acceptors (Lipinski definition) is 2. The number of urea groups is 1. The normalized spacial score (nSPS) is 16.1. The summed E-state index contributed by atoms with van der Waals surface area (Å²) in [5, 5.41) is 3.09. The lowest BCUT2D eigenvalue weighted by Crippen LogP contribution is -2.43. The molecule has 0 radical (unpaired) electrons. The molecule has 4 nitrogen and oxygen atoms in total. The number of amides is 2. The molecule has 0 spiro atoms. The molecule has 110 valence electrons. The van der Waals surface area contributed by atoms with Gasteiger partial charge in [-0.15, -0.1) is 0 Å². The minimum atomic E-state index is -0.0342. The number of carbonyl (C=O) groups is 1. The van der Waals surface area contributed by atoms with Gasteiger partial charge in [-0.2, -0.15) is 0 Å². The minimum absolute atomic E-state index is 0.000355. The number of anilines is 1. The van der Waals surface area contributed by atoms with Gasteiger partial charge in [0.05, 0.1) is 13.2 Å². The molecule has 1 saturated heterocycles. The van der Waals surface area contributed by atoms with Gasteiger partial charge >= 0.3 is 6.03 Å². The summed E-state index contributed by atoms with van der Waals surface area (Å²) >= 11 is 0. The lowest BCUT2D eigenvalue weighted by molar-refractivity contribution is 0.0564. The number of benzene rings is 1. The topological polar surface area (TPSA) is 41.6 Å². The van der Waals surface area contributed by atoms with Crippen LogP contribution in [0.2, 0.25) is 0 Å². The molecule has 1 aliphatic heterocycles. The summed E-state index contributed by atoms with van der Waals surface area (Å²) in [7, 11) is 0. The van der Waals surface area contributed by atoms with Crippen LogP contribution in [-0.2, 0) is 10.2 Å². The molecule has 20 heavy (non-hydrogen) atoms. The molecule has 1 heterocycles. The van der Waals surface area contributed by atoms with Crippen molar-refractivity contribution in [1.82, 2.24) is 4.90 Å². The van der Waals surface area contributed by atoms with Crippen LogP contribution in [0.3, 0.4) is 0 Å². The van der Waals surface area contributed by atoms with E-state index < -0.39 is 0 Å². The maximum absolute atomic E-state index is 12.4. The Hall–Kier alpha value is -1.55. The van der Waals surface area contributed by atoms with E-state index in [1.807, 2.05) is 24.0 Å². The average Bonchev–Trinajstić information content (AvgIpc) is 2.40. The Labute approximate surface area is 121 Å². The summed E-state index contributed by atoms with van der Waals surface area (Å²) in [6.45, 7) is 11.1. The molecular formula is C16H24N2O2. The SMILES string of the molecule is Cc1cccc(C(C)(C)C)c1NC(=O)N1CCOCC1. The second kappa shape index (κ2) is 5.83. The Kier molecular flexibility index (Phi) is 4.33. The predicted molar refractivity (Wildman–Crippen MR) is 81.3 cm³/mol. The second-order valence-electron chi connectivity index (χ2n) is 6.28. The largest absolute Gasteiger partial charge is 0.378 e. The fourth-order valence-corrected chi connectivity index (χ4v) is 2.41. The van der Waals surface area contributed by atoms with E-state index in [0.717, 1.165) is 11.3 Å². The van der Waals surface area contributed by atoms with Crippen LogP contribution in [0.4, 0.5) is 10.5 Å². The first-order valence-electron chi connectivity index (χ1n) is 7.13. The van der Waals surface area contributed by atoms with E-state index in [1.54, 1.807) is 0 Å². The van der Waals surface area contributed by atoms with Crippen molar-refractivity contribution in [2.75, 3.05) is 31.6 Å². The minimum Gasteiger partial charge on any atom is -0.378 e. The molecule has 2 rings (SSSR count). The van der Waals surface area contributed by atoms with Gasteiger partial charge in [0.2, 0.25) is 0 Å². The monoisotopic (exact) mass is 276 g/mol. The zero-order valence-electron chi connectivity index (χ0n) is 12.8. The van der Waals surface area contributed by atoms with Crippen molar-refractivity contribution in [3.05, 3.63) is 29.3 Å². The molecule has 0 saturated carbocycles. The molecule has 0 bridgehead atoms. The highest BCUT2D eigenvalue weighted by atomic mass is 16.5. The highest BCUT2D eigenvalue weighted by Gasteiger charge is 2.23. The summed E-state index contributed by atoms with van der Waals surface area (Å²) in [6, 6.07) is 6.12. The van der Waals surface area contributed by atoms with Crippen LogP contribution in [0, 0.1) is 6.92 Å². The van der Waals surface area contributed by atoms with E-state index in [4.69, 9.17) is 4.74 Å². The van der Waals surface area contributed by atoms with Crippen molar-refractivity contribution < 1.29 is 9.53 Å². The molecule has 0 atom stereocenters. The van der Waals surface area contributed by atoms with Gasteiger partial charge in [-0.25, -0.2) is 4.79 Å². The van der Waals surface area contributed by atoms with E-state index in [-0.39, 0.29) is 11.4 Å². The van der Waals surface area contributed by atoms with E-state index in [1.165, 1.54) is 5.56 Å². The zero-order valence-corrected chi connectivity index (χ0v) is 12.8. The van der Waals surface area contributed by atoms with E-state index >= 15 is 0 Å². The number of aryl methyl sites for hydroxylation is 1. The third kappa shape index (κ3) is 3.31. The van der Waals surface area contributed by atoms with Crippen molar-refractivity contribution in [3.8, 4) is 0 Å². The van der Waals surface area contributed by atoms with Crippen molar-refractivity contribution in [1.29, 1.82) is 0 Å². The van der Waals surface area contributed by atoms with Gasteiger partial charge in [0.15, 0.2) is 0 Å². The van der Waals surface area contributed by atoms with Crippen molar-refractivity contribution in [3.63, 3.8) is 0 Å². The molecule has 0 aliphatic carbocycles. The molecule has 1 aromatic carbocycles. The van der Waals surface area contributed by atoms with Gasteiger partial charge in [0.1, 0.15) is 0 Å². The fourth-order valence-electron chi connectivity index (χ4n) is 2.41. The maximum atomic E-state index is 12.4. The van der Waals surface area contributed by atoms with Gasteiger partial charge in [-0.1, -0.05) is 39.0 Å². The number of carbonyl (C=O) groups excluding carboxylic acids is 1. The third-order valence-corrected chi connectivity index (χ3v) is 3.61. The standard InChI is InChI=1S/C16H24N2O2/c1-12-6-5-7-13(16(2,3)4)14(12)17-15(19)18-8-10-20-11-9-18/h5-7H,8-11H2,1-4H3,(H,17,19). The number of nitrogens with zero attached hydrogens (tertiary/aromatic N) is 1. The van der Waals surface area contributed by atoms with Gasteiger partial charge in [-0.3, -0.25) is 0 Å². The molecule has 1 aliphatic rings. The Morgan fingerprint density at radius 1 is 1.25 bits per heavy atom. The molecular weight excluding hydrogens is 252 g/mol. The number of para-hydroxylation sites is 1. The number of nitrogens with one attached hydrogen (secondary N) is 1. The number of ether oxygens (including phenoxy) is 1. The highest BCUT2D eigenvalue weighted by molar-refractivity contribution is 5.91. The Morgan fingerprint density at radius 3 is 2.50 bits per heavy atom. The van der Waals surface area contributed by atoms with Crippen LogP contribution >= 0.6 is 0 Å². The number of hydrogen-bond donors (Lipinski definition) is 1. The van der Waals surface area contributed by atoms with Crippen molar-refractivity contribution >= 4 is 11.7 Å². The fraction of sp³-hybridized carbons (Fsp3) is 0.562. The van der Waals surface area contributed by atoms with Crippen molar-refractivity contribution in [2.24, 2.45) is 0 Å². The van der Waals surface area contributed by atoms with Crippen LogP contribution in [0.25, 0.3) is 0 Å². The number of morpholine rings is 1. The van der Waals surface area contributed by atoms with E-state index in [9.17, 15) is 4.79 Å². The molecule has 0 aromatic heterocycles. The Bertz CT molecular complexity index is 486. The first kappa shape index (κ1) is 14.9. The molecule has 2 amide bonds. The van der Waals surface area contributed by atoms with Crippen LogP contribution in [0.1, 0.15) is 31.9 Å².